The minimum absolute atomic E-state index is 0.0129. The van der Waals surface area contributed by atoms with Gasteiger partial charge in [0.15, 0.2) is 11.5 Å². The standard InChI is InChI=1S/C27H31NO6S/c1-6-7-8-20-11-13-22(14-12-20)28(35(30,31)23-15-9-19(2)10-16-23)27(29)21-17-24(32-3)26(34-5)25(18-21)33-4/h9-18H,6-8H2,1-5H3. The first-order valence-electron chi connectivity index (χ1n) is 11.3. The summed E-state index contributed by atoms with van der Waals surface area (Å²) in [5.74, 6) is 0.0569. The van der Waals surface area contributed by atoms with E-state index in [-0.39, 0.29) is 27.6 Å². The minimum Gasteiger partial charge on any atom is -0.493 e. The average molecular weight is 498 g/mol. The molecule has 0 unspecified atom stereocenters. The van der Waals surface area contributed by atoms with Crippen LogP contribution in [0.2, 0.25) is 0 Å². The second-order valence-electron chi connectivity index (χ2n) is 8.07. The SMILES string of the molecule is CCCCc1ccc(N(C(=O)c2cc(OC)c(OC)c(OC)c2)S(=O)(=O)c2ccc(C)cc2)cc1. The van der Waals surface area contributed by atoms with Crippen LogP contribution in [0.5, 0.6) is 17.2 Å². The number of methoxy groups -OCH3 is 3. The van der Waals surface area contributed by atoms with E-state index in [4.69, 9.17) is 14.2 Å². The second kappa shape index (κ2) is 11.3. The summed E-state index contributed by atoms with van der Waals surface area (Å²) in [6.45, 7) is 3.98. The number of unbranched alkanes of at least 4 members (excludes halogenated alkanes) is 1. The molecule has 0 heterocycles. The predicted octanol–water partition coefficient (Wildman–Crippen LogP) is 5.40. The summed E-state index contributed by atoms with van der Waals surface area (Å²) in [4.78, 5) is 13.8. The number of ether oxygens (including phenoxy) is 3. The van der Waals surface area contributed by atoms with Gasteiger partial charge in [0.25, 0.3) is 15.9 Å². The van der Waals surface area contributed by atoms with E-state index in [1.807, 2.05) is 19.1 Å². The maximum atomic E-state index is 13.8. The first kappa shape index (κ1) is 26.1. The van der Waals surface area contributed by atoms with Crippen LogP contribution in [0.4, 0.5) is 5.69 Å². The van der Waals surface area contributed by atoms with Crippen molar-refractivity contribution in [3.05, 3.63) is 77.4 Å². The number of carbonyl (C=O) groups is 1. The third-order valence-corrected chi connectivity index (χ3v) is 7.37. The molecule has 8 heteroatoms. The molecule has 0 N–H and O–H groups in total. The van der Waals surface area contributed by atoms with Crippen LogP contribution >= 0.6 is 0 Å². The maximum Gasteiger partial charge on any atom is 0.272 e. The van der Waals surface area contributed by atoms with Crippen LogP contribution in [0, 0.1) is 6.92 Å². The summed E-state index contributed by atoms with van der Waals surface area (Å²) in [6.07, 6.45) is 2.95. The Morgan fingerprint density at radius 1 is 0.857 bits per heavy atom. The van der Waals surface area contributed by atoms with Crippen molar-refractivity contribution in [2.75, 3.05) is 25.6 Å². The molecule has 0 fully saturated rings. The van der Waals surface area contributed by atoms with Crippen molar-refractivity contribution < 1.29 is 27.4 Å². The molecule has 0 aromatic heterocycles. The van der Waals surface area contributed by atoms with Gasteiger partial charge in [0.1, 0.15) is 0 Å². The highest BCUT2D eigenvalue weighted by molar-refractivity contribution is 7.93. The van der Waals surface area contributed by atoms with Crippen molar-refractivity contribution in [3.63, 3.8) is 0 Å². The summed E-state index contributed by atoms with van der Waals surface area (Å²) in [5, 5.41) is 0. The zero-order valence-electron chi connectivity index (χ0n) is 20.7. The number of hydrogen-bond donors (Lipinski definition) is 0. The van der Waals surface area contributed by atoms with E-state index in [1.54, 1.807) is 24.3 Å². The van der Waals surface area contributed by atoms with Gasteiger partial charge in [-0.05, 0) is 61.7 Å². The van der Waals surface area contributed by atoms with Crippen LogP contribution in [-0.4, -0.2) is 35.7 Å². The smallest absolute Gasteiger partial charge is 0.272 e. The molecular weight excluding hydrogens is 466 g/mol. The third kappa shape index (κ3) is 5.59. The van der Waals surface area contributed by atoms with Gasteiger partial charge in [-0.3, -0.25) is 4.79 Å². The van der Waals surface area contributed by atoms with Gasteiger partial charge >= 0.3 is 0 Å². The second-order valence-corrected chi connectivity index (χ2v) is 9.86. The number of hydrogen-bond acceptors (Lipinski definition) is 6. The Labute approximate surface area is 207 Å². The van der Waals surface area contributed by atoms with Crippen molar-refractivity contribution in [2.45, 2.75) is 38.0 Å². The number of rotatable bonds is 10. The number of aryl methyl sites for hydroxylation is 2. The zero-order chi connectivity index (χ0) is 25.6. The summed E-state index contributed by atoms with van der Waals surface area (Å²) in [6, 6.07) is 16.3. The lowest BCUT2D eigenvalue weighted by Gasteiger charge is -2.24. The van der Waals surface area contributed by atoms with Crippen molar-refractivity contribution in [2.24, 2.45) is 0 Å². The van der Waals surface area contributed by atoms with E-state index < -0.39 is 15.9 Å². The number of amides is 1. The molecule has 35 heavy (non-hydrogen) atoms. The summed E-state index contributed by atoms with van der Waals surface area (Å²) in [5.41, 5.74) is 2.30. The largest absolute Gasteiger partial charge is 0.493 e. The maximum absolute atomic E-state index is 13.8. The molecule has 3 aromatic carbocycles. The Morgan fingerprint density at radius 3 is 1.91 bits per heavy atom. The van der Waals surface area contributed by atoms with Gasteiger partial charge in [-0.1, -0.05) is 43.2 Å². The van der Waals surface area contributed by atoms with Gasteiger partial charge in [0, 0.05) is 5.56 Å². The van der Waals surface area contributed by atoms with Crippen LogP contribution in [0.25, 0.3) is 0 Å². The van der Waals surface area contributed by atoms with Gasteiger partial charge in [0.05, 0.1) is 31.9 Å². The average Bonchev–Trinajstić information content (AvgIpc) is 2.87. The summed E-state index contributed by atoms with van der Waals surface area (Å²) < 4.78 is 44.4. The van der Waals surface area contributed by atoms with E-state index in [1.165, 1.54) is 45.6 Å². The van der Waals surface area contributed by atoms with Crippen LogP contribution in [0.1, 0.15) is 41.3 Å². The van der Waals surface area contributed by atoms with Gasteiger partial charge in [-0.15, -0.1) is 0 Å². The van der Waals surface area contributed by atoms with Crippen LogP contribution in [0.3, 0.4) is 0 Å². The van der Waals surface area contributed by atoms with E-state index >= 15 is 0 Å². The summed E-state index contributed by atoms with van der Waals surface area (Å²) in [7, 11) is 0.0864. The fraction of sp³-hybridized carbons (Fsp3) is 0.296. The quantitative estimate of drug-likeness (QED) is 0.373. The first-order valence-corrected chi connectivity index (χ1v) is 12.8. The first-order chi connectivity index (χ1) is 16.8. The molecule has 0 saturated heterocycles. The Balaban J connectivity index is 2.16. The molecule has 3 aromatic rings. The molecule has 0 aliphatic heterocycles. The molecule has 0 radical (unpaired) electrons. The Hall–Kier alpha value is -3.52. The number of sulfonamides is 1. The van der Waals surface area contributed by atoms with Crippen molar-refractivity contribution in [1.29, 1.82) is 0 Å². The lowest BCUT2D eigenvalue weighted by molar-refractivity contribution is 0.100. The highest BCUT2D eigenvalue weighted by Crippen LogP contribution is 2.39. The van der Waals surface area contributed by atoms with Crippen molar-refractivity contribution >= 4 is 21.6 Å². The molecule has 0 atom stereocenters. The predicted molar refractivity (Wildman–Crippen MR) is 136 cm³/mol. The number of nitrogens with zero attached hydrogens (tertiary/aromatic N) is 1. The van der Waals surface area contributed by atoms with Crippen molar-refractivity contribution in [3.8, 4) is 17.2 Å². The zero-order valence-corrected chi connectivity index (χ0v) is 21.5. The normalized spacial score (nSPS) is 11.1. The Kier molecular flexibility index (Phi) is 8.40. The van der Waals surface area contributed by atoms with Crippen LogP contribution < -0.4 is 18.5 Å². The molecule has 1 amide bonds. The molecular formula is C27H31NO6S. The monoisotopic (exact) mass is 497 g/mol. The molecule has 0 bridgehead atoms. The van der Waals surface area contributed by atoms with E-state index in [0.29, 0.717) is 5.75 Å². The van der Waals surface area contributed by atoms with Gasteiger partial charge < -0.3 is 14.2 Å². The lowest BCUT2D eigenvalue weighted by Crippen LogP contribution is -2.37. The minimum atomic E-state index is -4.23. The topological polar surface area (TPSA) is 82.1 Å². The number of carbonyl (C=O) groups excluding carboxylic acids is 1. The fourth-order valence-corrected chi connectivity index (χ4v) is 5.10. The molecule has 0 saturated carbocycles. The summed E-state index contributed by atoms with van der Waals surface area (Å²) >= 11 is 0. The van der Waals surface area contributed by atoms with Gasteiger partial charge in [-0.25, -0.2) is 8.42 Å². The van der Waals surface area contributed by atoms with Gasteiger partial charge in [-0.2, -0.15) is 4.31 Å². The van der Waals surface area contributed by atoms with E-state index in [2.05, 4.69) is 6.92 Å². The molecule has 186 valence electrons. The molecule has 3 rings (SSSR count). The Morgan fingerprint density at radius 2 is 1.43 bits per heavy atom. The Bertz CT molecular complexity index is 1240. The molecule has 0 aliphatic carbocycles. The van der Waals surface area contributed by atoms with Crippen LogP contribution in [0.15, 0.2) is 65.6 Å². The number of anilines is 1. The van der Waals surface area contributed by atoms with E-state index in [0.717, 1.165) is 34.7 Å². The van der Waals surface area contributed by atoms with Gasteiger partial charge in [0.2, 0.25) is 5.75 Å². The highest BCUT2D eigenvalue weighted by Gasteiger charge is 2.33. The fourth-order valence-electron chi connectivity index (χ4n) is 3.68. The number of benzene rings is 3. The van der Waals surface area contributed by atoms with Crippen LogP contribution in [-0.2, 0) is 16.4 Å². The van der Waals surface area contributed by atoms with E-state index in [9.17, 15) is 13.2 Å². The highest BCUT2D eigenvalue weighted by atomic mass is 32.2. The third-order valence-electron chi connectivity index (χ3n) is 5.65. The van der Waals surface area contributed by atoms with Crippen molar-refractivity contribution in [1.82, 2.24) is 0 Å². The molecule has 0 aliphatic rings. The lowest BCUT2D eigenvalue weighted by atomic mass is 10.1. The molecule has 7 nitrogen and oxygen atoms in total. The molecule has 0 spiro atoms.